The molecule has 4 rings (SSSR count). The summed E-state index contributed by atoms with van der Waals surface area (Å²) in [5.74, 6) is 0.603. The van der Waals surface area contributed by atoms with Gasteiger partial charge in [-0.2, -0.15) is 5.10 Å². The van der Waals surface area contributed by atoms with E-state index >= 15 is 0 Å². The fourth-order valence-corrected chi connectivity index (χ4v) is 5.24. The van der Waals surface area contributed by atoms with Gasteiger partial charge >= 0.3 is 6.09 Å². The molecule has 0 bridgehead atoms. The lowest BCUT2D eigenvalue weighted by Gasteiger charge is -2.39. The van der Waals surface area contributed by atoms with E-state index < -0.39 is 0 Å². The number of ether oxygens (including phenoxy) is 1. The molecule has 1 aromatic heterocycles. The molecule has 164 valence electrons. The zero-order valence-electron chi connectivity index (χ0n) is 18.4. The highest BCUT2D eigenvalue weighted by Crippen LogP contribution is 2.38. The normalized spacial score (nSPS) is 26.3. The average molecular weight is 414 g/mol. The Morgan fingerprint density at radius 1 is 1.17 bits per heavy atom. The molecule has 2 fully saturated rings. The summed E-state index contributed by atoms with van der Waals surface area (Å²) in [6, 6.07) is 0.720. The topological polar surface area (TPSA) is 63.0 Å². The van der Waals surface area contributed by atoms with Gasteiger partial charge in [-0.1, -0.05) is 6.08 Å². The Balaban J connectivity index is 1.32. The van der Waals surface area contributed by atoms with Gasteiger partial charge in [-0.25, -0.2) is 4.79 Å². The van der Waals surface area contributed by atoms with E-state index in [-0.39, 0.29) is 12.1 Å². The van der Waals surface area contributed by atoms with E-state index in [1.165, 1.54) is 30.4 Å². The number of carbonyl (C=O) groups excluding carboxylic acids is 1. The number of amides is 1. The maximum Gasteiger partial charge on any atom is 0.409 e. The monoisotopic (exact) mass is 413 g/mol. The molecule has 2 unspecified atom stereocenters. The van der Waals surface area contributed by atoms with E-state index in [4.69, 9.17) is 9.73 Å². The van der Waals surface area contributed by atoms with Crippen LogP contribution in [0.5, 0.6) is 0 Å². The van der Waals surface area contributed by atoms with Crippen molar-refractivity contribution in [3.05, 3.63) is 29.6 Å². The number of aliphatic imine (C=N–C) groups is 1. The van der Waals surface area contributed by atoms with Crippen molar-refractivity contribution >= 4 is 12.3 Å². The SMILES string of the molecule is CCOC(=O)N1CCCC(N2CCC(C3=CCC=NC3c3cnn(C)c3)CC2)CC1. The van der Waals surface area contributed by atoms with E-state index in [0.717, 1.165) is 45.4 Å². The van der Waals surface area contributed by atoms with Gasteiger partial charge in [-0.05, 0) is 63.6 Å². The molecule has 30 heavy (non-hydrogen) atoms. The molecule has 0 N–H and O–H groups in total. The Kier molecular flexibility index (Phi) is 6.87. The van der Waals surface area contributed by atoms with Crippen molar-refractivity contribution in [2.75, 3.05) is 32.8 Å². The number of allylic oxidation sites excluding steroid dienone is 1. The van der Waals surface area contributed by atoms with Crippen molar-refractivity contribution in [2.24, 2.45) is 18.0 Å². The Bertz CT molecular complexity index is 778. The minimum Gasteiger partial charge on any atom is -0.450 e. The molecule has 4 heterocycles. The van der Waals surface area contributed by atoms with Gasteiger partial charge in [0, 0.05) is 50.6 Å². The number of hydrogen-bond donors (Lipinski definition) is 0. The Labute approximate surface area is 179 Å². The average Bonchev–Trinajstić information content (AvgIpc) is 3.05. The first-order chi connectivity index (χ1) is 14.7. The third-order valence-corrected chi connectivity index (χ3v) is 6.81. The molecule has 7 nitrogen and oxygen atoms in total. The lowest BCUT2D eigenvalue weighted by molar-refractivity contribution is 0.104. The molecule has 7 heteroatoms. The summed E-state index contributed by atoms with van der Waals surface area (Å²) < 4.78 is 7.06. The first-order valence-electron chi connectivity index (χ1n) is 11.5. The fraction of sp³-hybridized carbons (Fsp3) is 0.696. The molecule has 0 aromatic carbocycles. The number of nitrogens with zero attached hydrogens (tertiary/aromatic N) is 5. The van der Waals surface area contributed by atoms with Gasteiger partial charge in [-0.15, -0.1) is 0 Å². The smallest absolute Gasteiger partial charge is 0.409 e. The lowest BCUT2D eigenvalue weighted by Crippen LogP contribution is -2.42. The summed E-state index contributed by atoms with van der Waals surface area (Å²) in [5.41, 5.74) is 2.68. The number of carbonyl (C=O) groups is 1. The minimum atomic E-state index is -0.150. The third-order valence-electron chi connectivity index (χ3n) is 6.81. The van der Waals surface area contributed by atoms with Crippen molar-refractivity contribution in [2.45, 2.75) is 57.5 Å². The summed E-state index contributed by atoms with van der Waals surface area (Å²) in [5, 5.41) is 4.35. The predicted octanol–water partition coefficient (Wildman–Crippen LogP) is 3.59. The molecule has 0 saturated carbocycles. The Morgan fingerprint density at radius 2 is 2.00 bits per heavy atom. The van der Waals surface area contributed by atoms with Crippen LogP contribution in [0.3, 0.4) is 0 Å². The second-order valence-corrected chi connectivity index (χ2v) is 8.70. The van der Waals surface area contributed by atoms with Crippen molar-refractivity contribution < 1.29 is 9.53 Å². The van der Waals surface area contributed by atoms with Crippen LogP contribution in [0.15, 0.2) is 29.0 Å². The number of aryl methyl sites for hydroxylation is 1. The van der Waals surface area contributed by atoms with Crippen molar-refractivity contribution in [3.8, 4) is 0 Å². The van der Waals surface area contributed by atoms with Crippen molar-refractivity contribution in [1.82, 2.24) is 19.6 Å². The van der Waals surface area contributed by atoms with Crippen LogP contribution in [0, 0.1) is 5.92 Å². The summed E-state index contributed by atoms with van der Waals surface area (Å²) >= 11 is 0. The van der Waals surface area contributed by atoms with Gasteiger partial charge in [0.2, 0.25) is 0 Å². The molecule has 2 atom stereocenters. The number of likely N-dealkylation sites (tertiary alicyclic amines) is 2. The predicted molar refractivity (Wildman–Crippen MR) is 118 cm³/mol. The van der Waals surface area contributed by atoms with Gasteiger partial charge in [0.05, 0.1) is 18.8 Å². The van der Waals surface area contributed by atoms with Gasteiger partial charge in [-0.3, -0.25) is 9.67 Å². The fourth-order valence-electron chi connectivity index (χ4n) is 5.24. The zero-order valence-corrected chi connectivity index (χ0v) is 18.4. The molecule has 0 aliphatic carbocycles. The molecule has 0 spiro atoms. The van der Waals surface area contributed by atoms with Gasteiger partial charge in [0.25, 0.3) is 0 Å². The molecular formula is C23H35N5O2. The summed E-state index contributed by atoms with van der Waals surface area (Å²) in [4.78, 5) is 21.4. The van der Waals surface area contributed by atoms with Gasteiger partial charge < -0.3 is 14.5 Å². The number of aromatic nitrogens is 2. The molecular weight excluding hydrogens is 378 g/mol. The number of piperidine rings is 1. The third kappa shape index (κ3) is 4.77. The minimum absolute atomic E-state index is 0.139. The Hall–Kier alpha value is -2.15. The summed E-state index contributed by atoms with van der Waals surface area (Å²) in [6.45, 7) is 6.22. The highest BCUT2D eigenvalue weighted by atomic mass is 16.6. The molecule has 2 saturated heterocycles. The second-order valence-electron chi connectivity index (χ2n) is 8.70. The van der Waals surface area contributed by atoms with E-state index in [2.05, 4.69) is 22.3 Å². The van der Waals surface area contributed by atoms with Crippen molar-refractivity contribution in [1.29, 1.82) is 0 Å². The maximum atomic E-state index is 12.1. The van der Waals surface area contributed by atoms with Crippen LogP contribution in [0.25, 0.3) is 0 Å². The number of dihydropyridines is 1. The van der Waals surface area contributed by atoms with Gasteiger partial charge in [0.15, 0.2) is 0 Å². The largest absolute Gasteiger partial charge is 0.450 e. The van der Waals surface area contributed by atoms with E-state index in [9.17, 15) is 4.79 Å². The van der Waals surface area contributed by atoms with E-state index in [1.807, 2.05) is 36.0 Å². The number of hydrogen-bond acceptors (Lipinski definition) is 5. The second kappa shape index (κ2) is 9.77. The van der Waals surface area contributed by atoms with Crippen LogP contribution in [-0.2, 0) is 11.8 Å². The van der Waals surface area contributed by atoms with E-state index in [0.29, 0.717) is 18.6 Å². The molecule has 3 aliphatic heterocycles. The van der Waals surface area contributed by atoms with Crippen molar-refractivity contribution in [3.63, 3.8) is 0 Å². The first-order valence-corrected chi connectivity index (χ1v) is 11.5. The van der Waals surface area contributed by atoms with E-state index in [1.54, 1.807) is 0 Å². The maximum absolute atomic E-state index is 12.1. The van der Waals surface area contributed by atoms with Crippen LogP contribution in [0.4, 0.5) is 4.79 Å². The highest BCUT2D eigenvalue weighted by Gasteiger charge is 2.32. The van der Waals surface area contributed by atoms with Crippen LogP contribution in [-0.4, -0.2) is 70.7 Å². The summed E-state index contributed by atoms with van der Waals surface area (Å²) in [7, 11) is 1.97. The molecule has 3 aliphatic rings. The quantitative estimate of drug-likeness (QED) is 0.708. The molecule has 0 radical (unpaired) electrons. The zero-order chi connectivity index (χ0) is 20.9. The van der Waals surface area contributed by atoms with Crippen LogP contribution < -0.4 is 0 Å². The van der Waals surface area contributed by atoms with Crippen LogP contribution in [0.2, 0.25) is 0 Å². The highest BCUT2D eigenvalue weighted by molar-refractivity contribution is 5.67. The van der Waals surface area contributed by atoms with Crippen LogP contribution in [0.1, 0.15) is 57.1 Å². The molecule has 1 amide bonds. The molecule has 1 aromatic rings. The van der Waals surface area contributed by atoms with Gasteiger partial charge in [0.1, 0.15) is 0 Å². The summed E-state index contributed by atoms with van der Waals surface area (Å²) in [6.07, 6.45) is 14.9. The van der Waals surface area contributed by atoms with Crippen LogP contribution >= 0.6 is 0 Å². The number of rotatable bonds is 4. The lowest BCUT2D eigenvalue weighted by atomic mass is 9.81. The standard InChI is InChI=1S/C23H35N5O2/c1-3-30-23(29)28-12-5-6-20(10-15-28)27-13-8-18(9-14-27)21-7-4-11-24-22(21)19-16-25-26(2)17-19/h7,11,16-18,20,22H,3-6,8-10,12-15H2,1-2H3. The Morgan fingerprint density at radius 3 is 2.73 bits per heavy atom. The first kappa shape index (κ1) is 21.1.